The molecule has 0 spiro atoms. The maximum absolute atomic E-state index is 12.4. The van der Waals surface area contributed by atoms with Crippen molar-refractivity contribution < 1.29 is 9.21 Å². The van der Waals surface area contributed by atoms with Crippen molar-refractivity contribution in [2.75, 3.05) is 0 Å². The molecule has 0 bridgehead atoms. The largest absolute Gasteiger partial charge is 0.454 e. The van der Waals surface area contributed by atoms with Crippen LogP contribution in [-0.2, 0) is 0 Å². The van der Waals surface area contributed by atoms with Crippen molar-refractivity contribution in [1.29, 1.82) is 0 Å². The van der Waals surface area contributed by atoms with Crippen LogP contribution in [0.15, 0.2) is 71.3 Å². The second kappa shape index (κ2) is 7.00. The van der Waals surface area contributed by atoms with Gasteiger partial charge in [0.15, 0.2) is 5.76 Å². The van der Waals surface area contributed by atoms with Gasteiger partial charge in [-0.3, -0.25) is 4.79 Å². The minimum atomic E-state index is 0.00174. The second-order valence-electron chi connectivity index (χ2n) is 7.30. The van der Waals surface area contributed by atoms with Crippen molar-refractivity contribution in [3.63, 3.8) is 0 Å². The SMILES string of the molecule is O=C(NC1CCCC1)c1ccc(-n2ccc(-c3cc4ccccc4o3)n2)cc1. The van der Waals surface area contributed by atoms with E-state index in [-0.39, 0.29) is 5.91 Å². The summed E-state index contributed by atoms with van der Waals surface area (Å²) < 4.78 is 7.68. The van der Waals surface area contributed by atoms with Crippen LogP contribution in [0.4, 0.5) is 0 Å². The number of fused-ring (bicyclic) bond motifs is 1. The topological polar surface area (TPSA) is 60.1 Å². The van der Waals surface area contributed by atoms with E-state index in [1.165, 1.54) is 12.8 Å². The fraction of sp³-hybridized carbons (Fsp3) is 0.217. The van der Waals surface area contributed by atoms with Gasteiger partial charge in [0.25, 0.3) is 5.91 Å². The Bertz CT molecular complexity index is 1090. The van der Waals surface area contributed by atoms with E-state index < -0.39 is 0 Å². The molecule has 2 aromatic carbocycles. The van der Waals surface area contributed by atoms with Crippen LogP contribution in [0.1, 0.15) is 36.0 Å². The van der Waals surface area contributed by atoms with Crippen LogP contribution in [0.25, 0.3) is 28.1 Å². The molecule has 0 radical (unpaired) electrons. The highest BCUT2D eigenvalue weighted by atomic mass is 16.3. The summed E-state index contributed by atoms with van der Waals surface area (Å²) in [6.45, 7) is 0. The monoisotopic (exact) mass is 371 g/mol. The molecule has 0 unspecified atom stereocenters. The molecule has 5 rings (SSSR count). The first-order valence-electron chi connectivity index (χ1n) is 9.72. The molecule has 2 heterocycles. The molecule has 2 aromatic heterocycles. The zero-order chi connectivity index (χ0) is 18.9. The van der Waals surface area contributed by atoms with Crippen molar-refractivity contribution in [3.05, 3.63) is 72.4 Å². The zero-order valence-corrected chi connectivity index (χ0v) is 15.5. The Kier molecular flexibility index (Phi) is 4.20. The quantitative estimate of drug-likeness (QED) is 0.552. The third kappa shape index (κ3) is 3.20. The average molecular weight is 371 g/mol. The van der Waals surface area contributed by atoms with Crippen LogP contribution in [0.5, 0.6) is 0 Å². The summed E-state index contributed by atoms with van der Waals surface area (Å²) in [5.74, 6) is 0.745. The number of carbonyl (C=O) groups excluding carboxylic acids is 1. The molecule has 1 saturated carbocycles. The summed E-state index contributed by atoms with van der Waals surface area (Å²) in [4.78, 5) is 12.4. The summed E-state index contributed by atoms with van der Waals surface area (Å²) in [6, 6.07) is 19.7. The number of nitrogens with zero attached hydrogens (tertiary/aromatic N) is 2. The van der Waals surface area contributed by atoms with Crippen LogP contribution in [0, 0.1) is 0 Å². The second-order valence-corrected chi connectivity index (χ2v) is 7.30. The molecule has 1 fully saturated rings. The van der Waals surface area contributed by atoms with Gasteiger partial charge in [0.2, 0.25) is 0 Å². The maximum atomic E-state index is 12.4. The highest BCUT2D eigenvalue weighted by Gasteiger charge is 2.18. The predicted octanol–water partition coefficient (Wildman–Crippen LogP) is 4.96. The van der Waals surface area contributed by atoms with Crippen molar-refractivity contribution in [2.45, 2.75) is 31.7 Å². The van der Waals surface area contributed by atoms with Crippen LogP contribution < -0.4 is 5.32 Å². The molecule has 1 aliphatic carbocycles. The van der Waals surface area contributed by atoms with Gasteiger partial charge in [-0.2, -0.15) is 5.10 Å². The lowest BCUT2D eigenvalue weighted by molar-refractivity contribution is 0.0938. The fourth-order valence-electron chi connectivity index (χ4n) is 3.81. The number of hydrogen-bond acceptors (Lipinski definition) is 3. The normalized spacial score (nSPS) is 14.6. The van der Waals surface area contributed by atoms with Gasteiger partial charge in [0.05, 0.1) is 5.69 Å². The lowest BCUT2D eigenvalue weighted by Gasteiger charge is -2.12. The smallest absolute Gasteiger partial charge is 0.251 e. The first-order valence-corrected chi connectivity index (χ1v) is 9.72. The van der Waals surface area contributed by atoms with Crippen molar-refractivity contribution in [3.8, 4) is 17.1 Å². The molecule has 0 atom stereocenters. The molecule has 1 aliphatic rings. The van der Waals surface area contributed by atoms with Gasteiger partial charge in [-0.25, -0.2) is 4.68 Å². The minimum Gasteiger partial charge on any atom is -0.454 e. The summed E-state index contributed by atoms with van der Waals surface area (Å²) >= 11 is 0. The molecule has 1 amide bonds. The number of amides is 1. The third-order valence-electron chi connectivity index (χ3n) is 5.35. The van der Waals surface area contributed by atoms with E-state index in [0.29, 0.717) is 11.6 Å². The van der Waals surface area contributed by atoms with Gasteiger partial charge in [0.1, 0.15) is 11.3 Å². The molecule has 0 aliphatic heterocycles. The van der Waals surface area contributed by atoms with Gasteiger partial charge < -0.3 is 9.73 Å². The van der Waals surface area contributed by atoms with Gasteiger partial charge in [-0.15, -0.1) is 0 Å². The number of rotatable bonds is 4. The maximum Gasteiger partial charge on any atom is 0.251 e. The van der Waals surface area contributed by atoms with E-state index >= 15 is 0 Å². The standard InChI is InChI=1S/C23H21N3O2/c27-23(24-18-6-2-3-7-18)16-9-11-19(12-10-16)26-14-13-20(25-26)22-15-17-5-1-4-8-21(17)28-22/h1,4-5,8-15,18H,2-3,6-7H2,(H,24,27). The molecule has 1 N–H and O–H groups in total. The van der Waals surface area contributed by atoms with Crippen LogP contribution in [0.2, 0.25) is 0 Å². The van der Waals surface area contributed by atoms with E-state index in [4.69, 9.17) is 4.42 Å². The first-order chi connectivity index (χ1) is 13.8. The highest BCUT2D eigenvalue weighted by molar-refractivity contribution is 5.94. The highest BCUT2D eigenvalue weighted by Crippen LogP contribution is 2.27. The molecule has 5 nitrogen and oxygen atoms in total. The predicted molar refractivity (Wildman–Crippen MR) is 108 cm³/mol. The van der Waals surface area contributed by atoms with E-state index in [1.807, 2.05) is 66.9 Å². The molecule has 4 aromatic rings. The Morgan fingerprint density at radius 2 is 1.82 bits per heavy atom. The number of furan rings is 1. The van der Waals surface area contributed by atoms with E-state index in [9.17, 15) is 4.79 Å². The molecule has 140 valence electrons. The van der Waals surface area contributed by atoms with Crippen molar-refractivity contribution >= 4 is 16.9 Å². The number of para-hydroxylation sites is 1. The van der Waals surface area contributed by atoms with Crippen LogP contribution in [0.3, 0.4) is 0 Å². The van der Waals surface area contributed by atoms with E-state index in [1.54, 1.807) is 4.68 Å². The average Bonchev–Trinajstić information content (AvgIpc) is 3.47. The summed E-state index contributed by atoms with van der Waals surface area (Å²) in [5, 5.41) is 8.80. The summed E-state index contributed by atoms with van der Waals surface area (Å²) in [6.07, 6.45) is 6.48. The molecule has 0 saturated heterocycles. The Morgan fingerprint density at radius 3 is 2.61 bits per heavy atom. The number of carbonyl (C=O) groups is 1. The number of hydrogen-bond donors (Lipinski definition) is 1. The lowest BCUT2D eigenvalue weighted by atomic mass is 10.1. The number of benzene rings is 2. The van der Waals surface area contributed by atoms with Gasteiger partial charge in [0, 0.05) is 23.2 Å². The number of nitrogens with one attached hydrogen (secondary N) is 1. The summed E-state index contributed by atoms with van der Waals surface area (Å²) in [7, 11) is 0. The first kappa shape index (κ1) is 16.8. The van der Waals surface area contributed by atoms with Crippen LogP contribution >= 0.6 is 0 Å². The van der Waals surface area contributed by atoms with E-state index in [0.717, 1.165) is 41.0 Å². The van der Waals surface area contributed by atoms with Gasteiger partial charge >= 0.3 is 0 Å². The molecular weight excluding hydrogens is 350 g/mol. The fourth-order valence-corrected chi connectivity index (χ4v) is 3.81. The Hall–Kier alpha value is -3.34. The zero-order valence-electron chi connectivity index (χ0n) is 15.5. The van der Waals surface area contributed by atoms with Gasteiger partial charge in [-0.05, 0) is 55.3 Å². The third-order valence-corrected chi connectivity index (χ3v) is 5.35. The molecule has 5 heteroatoms. The Balaban J connectivity index is 1.34. The lowest BCUT2D eigenvalue weighted by Crippen LogP contribution is -2.32. The molecular formula is C23H21N3O2. The van der Waals surface area contributed by atoms with Crippen LogP contribution in [-0.4, -0.2) is 21.7 Å². The van der Waals surface area contributed by atoms with E-state index in [2.05, 4.69) is 10.4 Å². The molecule has 28 heavy (non-hydrogen) atoms. The van der Waals surface area contributed by atoms with Gasteiger partial charge in [-0.1, -0.05) is 31.0 Å². The van der Waals surface area contributed by atoms with Crippen molar-refractivity contribution in [2.24, 2.45) is 0 Å². The van der Waals surface area contributed by atoms with Crippen molar-refractivity contribution in [1.82, 2.24) is 15.1 Å². The summed E-state index contributed by atoms with van der Waals surface area (Å²) in [5.41, 5.74) is 3.21. The minimum absolute atomic E-state index is 0.00174. The Morgan fingerprint density at radius 1 is 1.04 bits per heavy atom. The number of aromatic nitrogens is 2. The Labute approximate surface area is 163 Å².